The van der Waals surface area contributed by atoms with Crippen molar-refractivity contribution in [1.82, 2.24) is 5.43 Å². The van der Waals surface area contributed by atoms with E-state index in [9.17, 15) is 9.90 Å². The number of benzene rings is 3. The van der Waals surface area contributed by atoms with Gasteiger partial charge in [-0.2, -0.15) is 5.10 Å². The number of hydrogen-bond acceptors (Lipinski definition) is 5. The molecule has 0 heterocycles. The fourth-order valence-corrected chi connectivity index (χ4v) is 3.59. The Balaban J connectivity index is 1.75. The lowest BCUT2D eigenvalue weighted by molar-refractivity contribution is 0.0955. The number of aromatic hydroxyl groups is 1. The second-order valence-electron chi connectivity index (χ2n) is 8.25. The number of ether oxygens (including phenoxy) is 2. The van der Waals surface area contributed by atoms with Crippen LogP contribution in [0.5, 0.6) is 17.2 Å². The zero-order chi connectivity index (χ0) is 25.4. The number of amides is 1. The van der Waals surface area contributed by atoms with E-state index in [1.165, 1.54) is 30.0 Å². The second kappa shape index (κ2) is 12.1. The van der Waals surface area contributed by atoms with Gasteiger partial charge in [0.05, 0.1) is 18.3 Å². The van der Waals surface area contributed by atoms with Gasteiger partial charge >= 0.3 is 0 Å². The van der Waals surface area contributed by atoms with E-state index in [1.807, 2.05) is 6.07 Å². The molecule has 0 aliphatic rings. The van der Waals surface area contributed by atoms with Crippen molar-refractivity contribution in [2.24, 2.45) is 5.10 Å². The number of halogens is 1. The van der Waals surface area contributed by atoms with Crippen molar-refractivity contribution in [3.05, 3.63) is 100 Å². The molecule has 0 spiro atoms. The average Bonchev–Trinajstić information content (AvgIpc) is 2.85. The summed E-state index contributed by atoms with van der Waals surface area (Å²) in [6.45, 7) is 8.57. The number of carbonyl (C=O) groups is 1. The highest BCUT2D eigenvalue weighted by Gasteiger charge is 2.13. The molecule has 0 aliphatic carbocycles. The summed E-state index contributed by atoms with van der Waals surface area (Å²) in [5, 5.41) is 13.6. The predicted molar refractivity (Wildman–Crippen MR) is 140 cm³/mol. The molecule has 0 aliphatic heterocycles. The zero-order valence-corrected chi connectivity index (χ0v) is 20.8. The number of methoxy groups -OCH3 is 1. The van der Waals surface area contributed by atoms with Gasteiger partial charge in [0.25, 0.3) is 5.91 Å². The molecule has 3 rings (SSSR count). The van der Waals surface area contributed by atoms with Gasteiger partial charge < -0.3 is 14.6 Å². The zero-order valence-electron chi connectivity index (χ0n) is 20.0. The normalized spacial score (nSPS) is 11.0. The molecular weight excluding hydrogens is 464 g/mol. The van der Waals surface area contributed by atoms with Crippen molar-refractivity contribution in [2.45, 2.75) is 32.8 Å². The van der Waals surface area contributed by atoms with E-state index in [1.54, 1.807) is 19.3 Å². The third-order valence-electron chi connectivity index (χ3n) is 5.36. The smallest absolute Gasteiger partial charge is 0.271 e. The Morgan fingerprint density at radius 1 is 1.17 bits per heavy atom. The van der Waals surface area contributed by atoms with Gasteiger partial charge in [-0.1, -0.05) is 55.8 Å². The maximum atomic E-state index is 12.3. The molecule has 35 heavy (non-hydrogen) atoms. The third kappa shape index (κ3) is 6.87. The van der Waals surface area contributed by atoms with E-state index in [4.69, 9.17) is 21.1 Å². The number of phenolic OH excluding ortho intramolecular Hbond substituents is 1. The molecule has 182 valence electrons. The molecule has 1 amide bonds. The molecule has 7 heteroatoms. The van der Waals surface area contributed by atoms with Crippen LogP contribution in [0, 0.1) is 0 Å². The van der Waals surface area contributed by atoms with Crippen molar-refractivity contribution < 1.29 is 19.4 Å². The minimum Gasteiger partial charge on any atom is -0.506 e. The number of nitrogens with zero attached hydrogens (tertiary/aromatic N) is 1. The molecule has 0 atom stereocenters. The van der Waals surface area contributed by atoms with Crippen molar-refractivity contribution in [2.75, 3.05) is 7.11 Å². The molecule has 0 radical (unpaired) electrons. The highest BCUT2D eigenvalue weighted by atomic mass is 35.5. The minimum atomic E-state index is -0.454. The van der Waals surface area contributed by atoms with Crippen LogP contribution in [0.25, 0.3) is 0 Å². The van der Waals surface area contributed by atoms with Gasteiger partial charge in [0.1, 0.15) is 12.4 Å². The Bertz CT molecular complexity index is 1220. The van der Waals surface area contributed by atoms with E-state index in [0.717, 1.165) is 16.7 Å². The van der Waals surface area contributed by atoms with Crippen LogP contribution in [0.4, 0.5) is 0 Å². The van der Waals surface area contributed by atoms with Crippen LogP contribution in [-0.2, 0) is 13.0 Å². The van der Waals surface area contributed by atoms with Crippen LogP contribution in [0.2, 0.25) is 5.02 Å². The molecule has 3 aromatic rings. The molecule has 3 aromatic carbocycles. The van der Waals surface area contributed by atoms with Gasteiger partial charge in [-0.05, 0) is 59.4 Å². The molecule has 0 aromatic heterocycles. The van der Waals surface area contributed by atoms with E-state index in [0.29, 0.717) is 30.4 Å². The van der Waals surface area contributed by atoms with Gasteiger partial charge in [0, 0.05) is 11.1 Å². The number of rotatable bonds is 10. The minimum absolute atomic E-state index is 0.0897. The Morgan fingerprint density at radius 2 is 1.91 bits per heavy atom. The van der Waals surface area contributed by atoms with Crippen LogP contribution >= 0.6 is 11.6 Å². The number of nitrogens with one attached hydrogen (secondary N) is 1. The number of phenols is 1. The van der Waals surface area contributed by atoms with E-state index < -0.39 is 5.91 Å². The molecule has 0 bridgehead atoms. The summed E-state index contributed by atoms with van der Waals surface area (Å²) >= 11 is 5.86. The molecule has 0 fully saturated rings. The van der Waals surface area contributed by atoms with Gasteiger partial charge in [0.2, 0.25) is 0 Å². The van der Waals surface area contributed by atoms with E-state index in [-0.39, 0.29) is 16.3 Å². The first-order valence-electron chi connectivity index (χ1n) is 11.2. The summed E-state index contributed by atoms with van der Waals surface area (Å²) in [7, 11) is 1.58. The van der Waals surface area contributed by atoms with E-state index >= 15 is 0 Å². The molecule has 0 saturated carbocycles. The van der Waals surface area contributed by atoms with Gasteiger partial charge in [-0.15, -0.1) is 6.58 Å². The summed E-state index contributed by atoms with van der Waals surface area (Å²) in [6.07, 6.45) is 3.87. The number of hydrogen-bond donors (Lipinski definition) is 2. The van der Waals surface area contributed by atoms with Crippen molar-refractivity contribution >= 4 is 23.7 Å². The fraction of sp³-hybridized carbons (Fsp3) is 0.214. The molecule has 0 saturated heterocycles. The maximum absolute atomic E-state index is 12.3. The van der Waals surface area contributed by atoms with E-state index in [2.05, 4.69) is 55.2 Å². The highest BCUT2D eigenvalue weighted by molar-refractivity contribution is 6.32. The van der Waals surface area contributed by atoms with Crippen molar-refractivity contribution in [3.63, 3.8) is 0 Å². The summed E-state index contributed by atoms with van der Waals surface area (Å²) < 4.78 is 11.7. The number of hydrazone groups is 1. The number of allylic oxidation sites excluding steroid dienone is 1. The lowest BCUT2D eigenvalue weighted by Gasteiger charge is -2.16. The molecule has 0 unspecified atom stereocenters. The quantitative estimate of drug-likeness (QED) is 0.199. The first kappa shape index (κ1) is 25.8. The lowest BCUT2D eigenvalue weighted by atomic mass is 10.0. The van der Waals surface area contributed by atoms with Crippen LogP contribution in [0.1, 0.15) is 52.4 Å². The summed E-state index contributed by atoms with van der Waals surface area (Å²) in [5.74, 6) is 1.12. The SMILES string of the molecule is C=CCc1cc(C=NNC(=O)c2ccc(O)c(Cl)c2)cc(OC)c1OCc1ccc(C(C)C)cc1. The molecule has 2 N–H and O–H groups in total. The maximum Gasteiger partial charge on any atom is 0.271 e. The topological polar surface area (TPSA) is 80.2 Å². The van der Waals surface area contributed by atoms with Gasteiger partial charge in [-0.3, -0.25) is 4.79 Å². The largest absolute Gasteiger partial charge is 0.506 e. The summed E-state index contributed by atoms with van der Waals surface area (Å²) in [5.41, 5.74) is 6.68. The Morgan fingerprint density at radius 3 is 2.54 bits per heavy atom. The van der Waals surface area contributed by atoms with Gasteiger partial charge in [0.15, 0.2) is 11.5 Å². The van der Waals surface area contributed by atoms with Crippen molar-refractivity contribution in [1.29, 1.82) is 0 Å². The molecular formula is C28H29ClN2O4. The van der Waals surface area contributed by atoms with Crippen LogP contribution < -0.4 is 14.9 Å². The second-order valence-corrected chi connectivity index (χ2v) is 8.66. The van der Waals surface area contributed by atoms with Crippen LogP contribution in [-0.4, -0.2) is 24.3 Å². The Labute approximate surface area is 210 Å². The fourth-order valence-electron chi connectivity index (χ4n) is 3.41. The highest BCUT2D eigenvalue weighted by Crippen LogP contribution is 2.34. The number of carbonyl (C=O) groups excluding carboxylic acids is 1. The summed E-state index contributed by atoms with van der Waals surface area (Å²) in [4.78, 5) is 12.3. The first-order chi connectivity index (χ1) is 16.8. The molecule has 6 nitrogen and oxygen atoms in total. The Kier molecular flexibility index (Phi) is 8.92. The monoisotopic (exact) mass is 492 g/mol. The van der Waals surface area contributed by atoms with Crippen molar-refractivity contribution in [3.8, 4) is 17.2 Å². The average molecular weight is 493 g/mol. The summed E-state index contributed by atoms with van der Waals surface area (Å²) in [6, 6.07) is 16.3. The lowest BCUT2D eigenvalue weighted by Crippen LogP contribution is -2.17. The van der Waals surface area contributed by atoms with Crippen LogP contribution in [0.3, 0.4) is 0 Å². The van der Waals surface area contributed by atoms with Gasteiger partial charge in [-0.25, -0.2) is 5.43 Å². The Hall–Kier alpha value is -3.77. The standard InChI is InChI=1S/C28H29ClN2O4/c1-5-6-22-13-20(16-30-31-28(33)23-11-12-25(32)24(29)15-23)14-26(34-4)27(22)35-17-19-7-9-21(10-8-19)18(2)3/h5,7-16,18,32H,1,6,17H2,2-4H3,(H,31,33). The first-order valence-corrected chi connectivity index (χ1v) is 11.6. The predicted octanol–water partition coefficient (Wildman–Crippen LogP) is 6.25. The third-order valence-corrected chi connectivity index (χ3v) is 5.66. The van der Waals surface area contributed by atoms with Crippen LogP contribution in [0.15, 0.2) is 72.4 Å².